The minimum absolute atomic E-state index is 0.318. The van der Waals surface area contributed by atoms with Crippen LogP contribution in [0.2, 0.25) is 0 Å². The average molecular weight is 379 g/mol. The van der Waals surface area contributed by atoms with Crippen LogP contribution < -0.4 is 18.9 Å². The van der Waals surface area contributed by atoms with E-state index in [1.165, 1.54) is 39.5 Å². The highest BCUT2D eigenvalue weighted by atomic mass is 19.4. The van der Waals surface area contributed by atoms with Gasteiger partial charge in [0.05, 0.1) is 27.0 Å². The first kappa shape index (κ1) is 18.6. The van der Waals surface area contributed by atoms with Gasteiger partial charge in [-0.2, -0.15) is 0 Å². The first-order chi connectivity index (χ1) is 12.9. The third-order valence-corrected chi connectivity index (χ3v) is 3.87. The van der Waals surface area contributed by atoms with E-state index in [2.05, 4.69) is 9.72 Å². The van der Waals surface area contributed by atoms with Crippen molar-refractivity contribution in [3.63, 3.8) is 0 Å². The molecule has 0 spiro atoms. The maximum atomic E-state index is 12.5. The van der Waals surface area contributed by atoms with Gasteiger partial charge in [0.2, 0.25) is 0 Å². The standard InChI is InChI=1S/C19H16F3NO4/c1-24-15-10-16(25-2)18(26-3)13-7-8-14(23-17(13)15)11-5-4-6-12(9-11)27-19(20,21)22/h4-10H,1-3H3. The summed E-state index contributed by atoms with van der Waals surface area (Å²) in [7, 11) is 4.51. The summed E-state index contributed by atoms with van der Waals surface area (Å²) in [6.07, 6.45) is -4.76. The van der Waals surface area contributed by atoms with E-state index in [4.69, 9.17) is 14.2 Å². The van der Waals surface area contributed by atoms with E-state index in [-0.39, 0.29) is 5.75 Å². The van der Waals surface area contributed by atoms with E-state index in [0.717, 1.165) is 0 Å². The Labute approximate surface area is 153 Å². The van der Waals surface area contributed by atoms with Crippen LogP contribution in [-0.4, -0.2) is 32.7 Å². The van der Waals surface area contributed by atoms with Crippen molar-refractivity contribution in [2.24, 2.45) is 0 Å². The number of methoxy groups -OCH3 is 3. The van der Waals surface area contributed by atoms with Crippen LogP contribution in [0.4, 0.5) is 13.2 Å². The summed E-state index contributed by atoms with van der Waals surface area (Å²) >= 11 is 0. The van der Waals surface area contributed by atoms with Gasteiger partial charge in [0.1, 0.15) is 17.0 Å². The molecule has 0 bridgehead atoms. The number of fused-ring (bicyclic) bond motifs is 1. The third-order valence-electron chi connectivity index (χ3n) is 3.87. The Bertz CT molecular complexity index is 973. The van der Waals surface area contributed by atoms with E-state index >= 15 is 0 Å². The molecule has 8 heteroatoms. The molecule has 0 fully saturated rings. The van der Waals surface area contributed by atoms with Gasteiger partial charge in [-0.05, 0) is 24.3 Å². The lowest BCUT2D eigenvalue weighted by molar-refractivity contribution is -0.274. The van der Waals surface area contributed by atoms with Crippen LogP contribution in [0, 0.1) is 0 Å². The number of nitrogens with zero attached hydrogens (tertiary/aromatic N) is 1. The van der Waals surface area contributed by atoms with Crippen LogP contribution in [0.3, 0.4) is 0 Å². The van der Waals surface area contributed by atoms with Crippen LogP contribution >= 0.6 is 0 Å². The van der Waals surface area contributed by atoms with Gasteiger partial charge in [-0.3, -0.25) is 0 Å². The summed E-state index contributed by atoms with van der Waals surface area (Å²) < 4.78 is 57.4. The lowest BCUT2D eigenvalue weighted by Crippen LogP contribution is -2.17. The van der Waals surface area contributed by atoms with Gasteiger partial charge < -0.3 is 18.9 Å². The van der Waals surface area contributed by atoms with E-state index < -0.39 is 6.36 Å². The SMILES string of the molecule is COc1cc(OC)c2nc(-c3cccc(OC(F)(F)F)c3)ccc2c1OC. The maximum Gasteiger partial charge on any atom is 0.573 e. The zero-order valence-electron chi connectivity index (χ0n) is 14.8. The number of pyridine rings is 1. The maximum absolute atomic E-state index is 12.5. The Morgan fingerprint density at radius 1 is 0.852 bits per heavy atom. The third kappa shape index (κ3) is 3.84. The van der Waals surface area contributed by atoms with Gasteiger partial charge in [-0.25, -0.2) is 4.98 Å². The van der Waals surface area contributed by atoms with Gasteiger partial charge in [-0.1, -0.05) is 12.1 Å². The molecule has 3 rings (SSSR count). The van der Waals surface area contributed by atoms with E-state index in [9.17, 15) is 13.2 Å². The molecule has 0 amide bonds. The fraction of sp³-hybridized carbons (Fsp3) is 0.211. The molecule has 27 heavy (non-hydrogen) atoms. The minimum Gasteiger partial charge on any atom is -0.494 e. The number of ether oxygens (including phenoxy) is 4. The van der Waals surface area contributed by atoms with Crippen LogP contribution in [0.5, 0.6) is 23.0 Å². The molecular weight excluding hydrogens is 363 g/mol. The van der Waals surface area contributed by atoms with Gasteiger partial charge >= 0.3 is 6.36 Å². The molecule has 0 saturated heterocycles. The van der Waals surface area contributed by atoms with Gasteiger partial charge in [0, 0.05) is 17.0 Å². The normalized spacial score (nSPS) is 11.3. The van der Waals surface area contributed by atoms with Crippen LogP contribution in [0.1, 0.15) is 0 Å². The lowest BCUT2D eigenvalue weighted by atomic mass is 10.1. The van der Waals surface area contributed by atoms with Crippen molar-refractivity contribution in [1.82, 2.24) is 4.98 Å². The lowest BCUT2D eigenvalue weighted by Gasteiger charge is -2.14. The Balaban J connectivity index is 2.13. The van der Waals surface area contributed by atoms with Crippen molar-refractivity contribution in [3.05, 3.63) is 42.5 Å². The highest BCUT2D eigenvalue weighted by Crippen LogP contribution is 2.41. The van der Waals surface area contributed by atoms with Gasteiger partial charge in [0.25, 0.3) is 0 Å². The molecule has 0 radical (unpaired) electrons. The van der Waals surface area contributed by atoms with Crippen LogP contribution in [0.25, 0.3) is 22.2 Å². The molecule has 0 atom stereocenters. The zero-order valence-corrected chi connectivity index (χ0v) is 14.8. The molecule has 0 aliphatic heterocycles. The van der Waals surface area contributed by atoms with Crippen LogP contribution in [-0.2, 0) is 0 Å². The second-order valence-corrected chi connectivity index (χ2v) is 5.48. The Morgan fingerprint density at radius 2 is 1.59 bits per heavy atom. The number of rotatable bonds is 5. The predicted molar refractivity (Wildman–Crippen MR) is 93.5 cm³/mol. The highest BCUT2D eigenvalue weighted by molar-refractivity contribution is 5.94. The van der Waals surface area contributed by atoms with E-state index in [0.29, 0.717) is 39.4 Å². The molecule has 0 aliphatic rings. The average Bonchev–Trinajstić information content (AvgIpc) is 2.65. The van der Waals surface area contributed by atoms with Gasteiger partial charge in [-0.15, -0.1) is 13.2 Å². The number of alkyl halides is 3. The number of aromatic nitrogens is 1. The quantitative estimate of drug-likeness (QED) is 0.636. The Morgan fingerprint density at radius 3 is 2.22 bits per heavy atom. The summed E-state index contributed by atoms with van der Waals surface area (Å²) in [6.45, 7) is 0. The van der Waals surface area contributed by atoms with Crippen molar-refractivity contribution in [2.75, 3.05) is 21.3 Å². The van der Waals surface area contributed by atoms with Crippen molar-refractivity contribution >= 4 is 10.9 Å². The summed E-state index contributed by atoms with van der Waals surface area (Å²) in [4.78, 5) is 4.54. The minimum atomic E-state index is -4.76. The Kier molecular flexibility index (Phi) is 4.98. The second kappa shape index (κ2) is 7.22. The molecular formula is C19H16F3NO4. The first-order valence-corrected chi connectivity index (χ1v) is 7.82. The molecule has 0 saturated carbocycles. The highest BCUT2D eigenvalue weighted by Gasteiger charge is 2.31. The molecule has 2 aromatic carbocycles. The topological polar surface area (TPSA) is 49.8 Å². The summed E-state index contributed by atoms with van der Waals surface area (Å²) in [5, 5.41) is 0.653. The molecule has 5 nitrogen and oxygen atoms in total. The zero-order chi connectivity index (χ0) is 19.6. The number of benzene rings is 2. The van der Waals surface area contributed by atoms with E-state index in [1.54, 1.807) is 24.3 Å². The number of halogens is 3. The molecule has 1 heterocycles. The van der Waals surface area contributed by atoms with E-state index in [1.807, 2.05) is 0 Å². The van der Waals surface area contributed by atoms with Crippen molar-refractivity contribution in [2.45, 2.75) is 6.36 Å². The smallest absolute Gasteiger partial charge is 0.494 e. The van der Waals surface area contributed by atoms with Crippen LogP contribution in [0.15, 0.2) is 42.5 Å². The largest absolute Gasteiger partial charge is 0.573 e. The fourth-order valence-corrected chi connectivity index (χ4v) is 2.75. The molecule has 0 unspecified atom stereocenters. The first-order valence-electron chi connectivity index (χ1n) is 7.82. The number of hydrogen-bond acceptors (Lipinski definition) is 5. The predicted octanol–water partition coefficient (Wildman–Crippen LogP) is 4.83. The van der Waals surface area contributed by atoms with Crippen molar-refractivity contribution in [3.8, 4) is 34.3 Å². The monoisotopic (exact) mass is 379 g/mol. The molecule has 3 aromatic rings. The Hall–Kier alpha value is -3.16. The number of hydrogen-bond donors (Lipinski definition) is 0. The fourth-order valence-electron chi connectivity index (χ4n) is 2.75. The molecule has 142 valence electrons. The molecule has 0 aliphatic carbocycles. The van der Waals surface area contributed by atoms with Gasteiger partial charge in [0.15, 0.2) is 11.5 Å². The summed E-state index contributed by atoms with van der Waals surface area (Å²) in [5.74, 6) is 1.10. The molecule has 1 aromatic heterocycles. The van der Waals surface area contributed by atoms with Crippen molar-refractivity contribution < 1.29 is 32.1 Å². The summed E-state index contributed by atoms with van der Waals surface area (Å²) in [5.41, 5.74) is 1.42. The summed E-state index contributed by atoms with van der Waals surface area (Å²) in [6, 6.07) is 10.7. The second-order valence-electron chi connectivity index (χ2n) is 5.48. The van der Waals surface area contributed by atoms with Crippen molar-refractivity contribution in [1.29, 1.82) is 0 Å². The molecule has 0 N–H and O–H groups in total.